The van der Waals surface area contributed by atoms with Crippen LogP contribution in [0.1, 0.15) is 86.1 Å². The van der Waals surface area contributed by atoms with Gasteiger partial charge in [-0.25, -0.2) is 4.79 Å². The van der Waals surface area contributed by atoms with Gasteiger partial charge in [0.2, 0.25) is 0 Å². The second kappa shape index (κ2) is 11.4. The Hall–Kier alpha value is -2.87. The zero-order valence-electron chi connectivity index (χ0n) is 27.7. The van der Waals surface area contributed by atoms with E-state index < -0.39 is 51.9 Å². The molecule has 0 amide bonds. The molecule has 0 aliphatic heterocycles. The molecule has 5 rings (SSSR count). The molecule has 7 nitrogen and oxygen atoms in total. The molecule has 45 heavy (non-hydrogen) atoms. The van der Waals surface area contributed by atoms with Crippen LogP contribution in [0, 0.1) is 45.3 Å². The molecule has 0 bridgehead atoms. The molecule has 1 aromatic rings. The van der Waals surface area contributed by atoms with Crippen LogP contribution in [-0.4, -0.2) is 56.3 Å². The smallest absolute Gasteiger partial charge is 0.331 e. The Labute approximate surface area is 267 Å². The van der Waals surface area contributed by atoms with Crippen molar-refractivity contribution in [3.63, 3.8) is 0 Å². The molecule has 0 aromatic heterocycles. The largest absolute Gasteiger partial charge is 0.478 e. The summed E-state index contributed by atoms with van der Waals surface area (Å²) in [7, 11) is 0. The molecule has 0 saturated heterocycles. The fourth-order valence-corrected chi connectivity index (χ4v) is 10.4. The van der Waals surface area contributed by atoms with E-state index in [9.17, 15) is 34.8 Å². The van der Waals surface area contributed by atoms with Crippen molar-refractivity contribution < 1.29 is 34.8 Å². The summed E-state index contributed by atoms with van der Waals surface area (Å²) in [5, 5.41) is 44.5. The Morgan fingerprint density at radius 3 is 2.33 bits per heavy atom. The zero-order chi connectivity index (χ0) is 33.3. The lowest BCUT2D eigenvalue weighted by atomic mass is 9.40. The first-order chi connectivity index (χ1) is 20.9. The van der Waals surface area contributed by atoms with E-state index in [1.807, 2.05) is 77.1 Å². The lowest BCUT2D eigenvalue weighted by molar-refractivity contribution is -0.150. The standard InChI is InChI=1S/C38H50O7/c1-21(17-24(39)18-22(2)34(44)45)26-19-29(42)38(7)31-30(27(40)20-37(26,38)6)36(5)16-15-28(41)35(3,4)33(36)25(32(31)43)14-13-23-11-9-8-10-12-23/h8-14,18,21,24-26,29,32-33,39,42-43H,15-17,19-20H2,1-7H3,(H,44,45)/t21-,24+,25-,26+,29+,32-,33+,36-,37-,38-/m1/s1. The number of hydrogen-bond acceptors (Lipinski definition) is 6. The highest BCUT2D eigenvalue weighted by Crippen LogP contribution is 2.72. The minimum absolute atomic E-state index is 0.0272. The summed E-state index contributed by atoms with van der Waals surface area (Å²) in [6.07, 6.45) is 4.20. The molecule has 1 aromatic carbocycles. The number of aliphatic hydroxyl groups excluding tert-OH is 3. The van der Waals surface area contributed by atoms with Gasteiger partial charge in [-0.2, -0.15) is 0 Å². The van der Waals surface area contributed by atoms with Gasteiger partial charge in [-0.05, 0) is 66.6 Å². The van der Waals surface area contributed by atoms with Crippen LogP contribution >= 0.6 is 0 Å². The predicted molar refractivity (Wildman–Crippen MR) is 173 cm³/mol. The number of benzene rings is 1. The maximum atomic E-state index is 14.5. The maximum absolute atomic E-state index is 14.5. The highest BCUT2D eigenvalue weighted by atomic mass is 16.4. The Balaban J connectivity index is 1.63. The van der Waals surface area contributed by atoms with Crippen molar-refractivity contribution in [2.24, 2.45) is 45.3 Å². The topological polar surface area (TPSA) is 132 Å². The van der Waals surface area contributed by atoms with Gasteiger partial charge in [-0.1, -0.05) is 84.0 Å². The molecule has 0 radical (unpaired) electrons. The van der Waals surface area contributed by atoms with Crippen LogP contribution in [0.5, 0.6) is 0 Å². The molecule has 10 atom stereocenters. The fraction of sp³-hybridized carbons (Fsp3) is 0.605. The van der Waals surface area contributed by atoms with Crippen molar-refractivity contribution in [2.45, 2.75) is 98.9 Å². The summed E-state index contributed by atoms with van der Waals surface area (Å²) >= 11 is 0. The van der Waals surface area contributed by atoms with E-state index in [0.29, 0.717) is 30.4 Å². The number of carbonyl (C=O) groups excluding carboxylic acids is 2. The average Bonchev–Trinajstić information content (AvgIpc) is 3.17. The summed E-state index contributed by atoms with van der Waals surface area (Å²) in [5.41, 5.74) is -0.815. The summed E-state index contributed by atoms with van der Waals surface area (Å²) in [6, 6.07) is 9.83. The summed E-state index contributed by atoms with van der Waals surface area (Å²) in [4.78, 5) is 39.3. The Morgan fingerprint density at radius 1 is 1.07 bits per heavy atom. The number of aliphatic carboxylic acids is 1. The van der Waals surface area contributed by atoms with E-state index in [1.165, 1.54) is 13.0 Å². The van der Waals surface area contributed by atoms with Crippen LogP contribution in [0.15, 0.2) is 59.2 Å². The van der Waals surface area contributed by atoms with Crippen molar-refractivity contribution >= 4 is 23.6 Å². The first-order valence-electron chi connectivity index (χ1n) is 16.4. The monoisotopic (exact) mass is 618 g/mol. The van der Waals surface area contributed by atoms with E-state index in [0.717, 1.165) is 5.56 Å². The van der Waals surface area contributed by atoms with Gasteiger partial charge >= 0.3 is 5.97 Å². The number of ketones is 2. The van der Waals surface area contributed by atoms with Gasteiger partial charge in [0.05, 0.1) is 18.3 Å². The quantitative estimate of drug-likeness (QED) is 0.285. The van der Waals surface area contributed by atoms with Crippen molar-refractivity contribution in [3.8, 4) is 0 Å². The van der Waals surface area contributed by atoms with E-state index in [2.05, 4.69) is 6.92 Å². The van der Waals surface area contributed by atoms with Crippen LogP contribution < -0.4 is 0 Å². The summed E-state index contributed by atoms with van der Waals surface area (Å²) in [6.45, 7) is 13.5. The number of carbonyl (C=O) groups is 3. The van der Waals surface area contributed by atoms with Crippen molar-refractivity contribution in [2.75, 3.05) is 0 Å². The number of rotatable bonds is 7. The summed E-state index contributed by atoms with van der Waals surface area (Å²) < 4.78 is 0. The van der Waals surface area contributed by atoms with Crippen molar-refractivity contribution in [3.05, 3.63) is 64.8 Å². The van der Waals surface area contributed by atoms with Crippen LogP contribution in [0.4, 0.5) is 0 Å². The molecule has 4 aliphatic rings. The molecule has 0 unspecified atom stereocenters. The highest BCUT2D eigenvalue weighted by Gasteiger charge is 2.71. The highest BCUT2D eigenvalue weighted by molar-refractivity contribution is 6.01. The van der Waals surface area contributed by atoms with Crippen LogP contribution in [0.3, 0.4) is 0 Å². The number of allylic oxidation sites excluding steroid dienone is 1. The first-order valence-corrected chi connectivity index (χ1v) is 16.4. The maximum Gasteiger partial charge on any atom is 0.331 e. The third-order valence-corrected chi connectivity index (χ3v) is 12.8. The molecule has 244 valence electrons. The van der Waals surface area contributed by atoms with Crippen molar-refractivity contribution in [1.82, 2.24) is 0 Å². The van der Waals surface area contributed by atoms with Crippen LogP contribution in [-0.2, 0) is 14.4 Å². The number of carboxylic acid groups (broad SMARTS) is 1. The van der Waals surface area contributed by atoms with Gasteiger partial charge in [0.25, 0.3) is 0 Å². The second-order valence-electron chi connectivity index (χ2n) is 15.6. The second-order valence-corrected chi connectivity index (χ2v) is 15.6. The van der Waals surface area contributed by atoms with Crippen LogP contribution in [0.2, 0.25) is 0 Å². The SMILES string of the molecule is CC(=C[C@@H](O)C[C@@H](C)[C@@H]1C[C@H](O)[C@]2(C)C3=C(C(=O)C[C@]12C)[C@@]1(C)CCC(=O)C(C)(C)[C@@H]1[C@H](C=Cc1ccccc1)[C@H]3O)C(=O)O. The molecular weight excluding hydrogens is 568 g/mol. The molecule has 4 N–H and O–H groups in total. The van der Waals surface area contributed by atoms with Gasteiger partial charge < -0.3 is 20.4 Å². The van der Waals surface area contributed by atoms with E-state index in [4.69, 9.17) is 0 Å². The third-order valence-electron chi connectivity index (χ3n) is 12.8. The Morgan fingerprint density at radius 2 is 1.71 bits per heavy atom. The van der Waals surface area contributed by atoms with E-state index in [-0.39, 0.29) is 47.7 Å². The zero-order valence-corrected chi connectivity index (χ0v) is 27.7. The Kier molecular flexibility index (Phi) is 8.51. The minimum atomic E-state index is -1.09. The van der Waals surface area contributed by atoms with Crippen molar-refractivity contribution in [1.29, 1.82) is 0 Å². The average molecular weight is 619 g/mol. The van der Waals surface area contributed by atoms with Gasteiger partial charge in [-0.3, -0.25) is 9.59 Å². The number of carboxylic acids is 1. The molecule has 2 fully saturated rings. The lowest BCUT2D eigenvalue weighted by Gasteiger charge is -2.63. The molecular formula is C38H50O7. The molecule has 7 heteroatoms. The first kappa shape index (κ1) is 33.5. The molecule has 2 saturated carbocycles. The number of Topliss-reactive ketones (excluding diaryl/α,β-unsaturated/α-hetero) is 2. The van der Waals surface area contributed by atoms with E-state index >= 15 is 0 Å². The van der Waals surface area contributed by atoms with Gasteiger partial charge in [0, 0.05) is 46.2 Å². The van der Waals surface area contributed by atoms with Crippen LogP contribution in [0.25, 0.3) is 6.08 Å². The lowest BCUT2D eigenvalue weighted by Crippen LogP contribution is -2.63. The summed E-state index contributed by atoms with van der Waals surface area (Å²) in [5.74, 6) is -2.06. The molecule has 4 aliphatic carbocycles. The normalized spacial score (nSPS) is 39.3. The minimum Gasteiger partial charge on any atom is -0.478 e. The van der Waals surface area contributed by atoms with Gasteiger partial charge in [0.15, 0.2) is 5.78 Å². The van der Waals surface area contributed by atoms with Gasteiger partial charge in [0.1, 0.15) is 5.78 Å². The van der Waals surface area contributed by atoms with Gasteiger partial charge in [-0.15, -0.1) is 0 Å². The number of hydrogen-bond donors (Lipinski definition) is 4. The fourth-order valence-electron chi connectivity index (χ4n) is 10.4. The third kappa shape index (κ3) is 5.01. The number of fused-ring (bicyclic) bond motifs is 4. The molecule has 0 spiro atoms. The molecule has 0 heterocycles. The predicted octanol–water partition coefficient (Wildman–Crippen LogP) is 5.78. The van der Waals surface area contributed by atoms with E-state index in [1.54, 1.807) is 0 Å². The Bertz CT molecular complexity index is 1470. The number of aliphatic hydroxyl groups is 3.